The van der Waals surface area contributed by atoms with Crippen LogP contribution in [0, 0.1) is 11.3 Å². The molecule has 0 radical (unpaired) electrons. The molecule has 0 bridgehead atoms. The summed E-state index contributed by atoms with van der Waals surface area (Å²) < 4.78 is 7.02. The fourth-order valence-electron chi connectivity index (χ4n) is 5.55. The number of carbonyl (C=O) groups is 1. The van der Waals surface area contributed by atoms with Crippen LogP contribution in [0.4, 0.5) is 22.2 Å². The minimum atomic E-state index is -0.111. The standard InChI is InChI=1S/C32H35N9O2/c1-40-19-25(18-36-40)23-7-11-28(12-8-23)41(32(42)35-16-22-5-3-2-4-6-22)29-13-9-26(10-14-29)38-31-34-17-24(15-33)30(39-31)37-27-20-43-21-27/h2-8,11-12,17-19,26-27,29H,9-10,13-14,16,20-21H2,1H3,(H,35,42)(H2,34,37,38,39)/t26-,29-. The van der Waals surface area contributed by atoms with Gasteiger partial charge in [0.25, 0.3) is 0 Å². The molecule has 3 N–H and O–H groups in total. The average molecular weight is 578 g/mol. The highest BCUT2D eigenvalue weighted by atomic mass is 16.5. The summed E-state index contributed by atoms with van der Waals surface area (Å²) in [6.45, 7) is 1.66. The molecule has 1 aliphatic carbocycles. The van der Waals surface area contributed by atoms with Gasteiger partial charge in [0.1, 0.15) is 17.5 Å². The van der Waals surface area contributed by atoms with Crippen LogP contribution in [0.15, 0.2) is 73.2 Å². The van der Waals surface area contributed by atoms with E-state index < -0.39 is 0 Å². The van der Waals surface area contributed by atoms with Gasteiger partial charge in [-0.3, -0.25) is 9.58 Å². The lowest BCUT2D eigenvalue weighted by Crippen LogP contribution is -2.48. The lowest BCUT2D eigenvalue weighted by atomic mass is 9.90. The van der Waals surface area contributed by atoms with Crippen LogP contribution < -0.4 is 20.9 Å². The van der Waals surface area contributed by atoms with Crippen LogP contribution in [0.3, 0.4) is 0 Å². The number of benzene rings is 2. The van der Waals surface area contributed by atoms with Crippen molar-refractivity contribution in [2.45, 2.75) is 50.4 Å². The topological polar surface area (TPSA) is 133 Å². The van der Waals surface area contributed by atoms with Crippen molar-refractivity contribution in [1.29, 1.82) is 5.26 Å². The Balaban J connectivity index is 1.14. The van der Waals surface area contributed by atoms with Gasteiger partial charge >= 0.3 is 6.03 Å². The molecular weight excluding hydrogens is 542 g/mol. The highest BCUT2D eigenvalue weighted by molar-refractivity contribution is 5.93. The summed E-state index contributed by atoms with van der Waals surface area (Å²) in [7, 11) is 1.90. The van der Waals surface area contributed by atoms with Crippen LogP contribution >= 0.6 is 0 Å². The van der Waals surface area contributed by atoms with Crippen LogP contribution in [0.2, 0.25) is 0 Å². The van der Waals surface area contributed by atoms with Gasteiger partial charge in [-0.05, 0) is 48.9 Å². The molecule has 11 heteroatoms. The Morgan fingerprint density at radius 1 is 1.00 bits per heavy atom. The zero-order chi connectivity index (χ0) is 29.6. The van der Waals surface area contributed by atoms with Crippen molar-refractivity contribution in [3.05, 3.63) is 84.3 Å². The van der Waals surface area contributed by atoms with Crippen molar-refractivity contribution < 1.29 is 9.53 Å². The number of hydrogen-bond acceptors (Lipinski definition) is 8. The van der Waals surface area contributed by atoms with E-state index >= 15 is 0 Å². The summed E-state index contributed by atoms with van der Waals surface area (Å²) in [5, 5.41) is 23.6. The molecule has 2 fully saturated rings. The van der Waals surface area contributed by atoms with Crippen LogP contribution in [0.25, 0.3) is 11.1 Å². The second-order valence-corrected chi connectivity index (χ2v) is 11.1. The largest absolute Gasteiger partial charge is 0.377 e. The SMILES string of the molecule is Cn1cc(-c2ccc(N(C(=O)NCc3ccccc3)[C@H]3CC[C@H](Nc4ncc(C#N)c(NC5COC5)n4)CC3)cc2)cn1. The van der Waals surface area contributed by atoms with Crippen molar-refractivity contribution >= 4 is 23.5 Å². The highest BCUT2D eigenvalue weighted by Gasteiger charge is 2.31. The highest BCUT2D eigenvalue weighted by Crippen LogP contribution is 2.31. The molecule has 220 valence electrons. The van der Waals surface area contributed by atoms with E-state index in [0.29, 0.717) is 37.1 Å². The average Bonchev–Trinajstić information content (AvgIpc) is 3.46. The van der Waals surface area contributed by atoms with E-state index in [9.17, 15) is 10.1 Å². The molecule has 0 atom stereocenters. The lowest BCUT2D eigenvalue weighted by Gasteiger charge is -2.37. The minimum absolute atomic E-state index is 0.0378. The summed E-state index contributed by atoms with van der Waals surface area (Å²) in [4.78, 5) is 24.6. The molecule has 4 aromatic rings. The number of aryl methyl sites for hydroxylation is 1. The Morgan fingerprint density at radius 2 is 1.77 bits per heavy atom. The van der Waals surface area contributed by atoms with E-state index in [0.717, 1.165) is 48.1 Å². The van der Waals surface area contributed by atoms with E-state index in [4.69, 9.17) is 4.74 Å². The van der Waals surface area contributed by atoms with Gasteiger partial charge in [-0.2, -0.15) is 15.3 Å². The summed E-state index contributed by atoms with van der Waals surface area (Å²) in [6.07, 6.45) is 8.71. The normalized spacial score (nSPS) is 18.2. The lowest BCUT2D eigenvalue weighted by molar-refractivity contribution is 0.0209. The predicted molar refractivity (Wildman–Crippen MR) is 164 cm³/mol. The first-order chi connectivity index (χ1) is 21.1. The molecule has 2 amide bonds. The van der Waals surface area contributed by atoms with E-state index in [2.05, 4.69) is 37.1 Å². The molecule has 3 heterocycles. The molecule has 2 aromatic heterocycles. The van der Waals surface area contributed by atoms with Gasteiger partial charge in [0.15, 0.2) is 0 Å². The fourth-order valence-corrected chi connectivity index (χ4v) is 5.55. The van der Waals surface area contributed by atoms with E-state index in [1.807, 2.05) is 78.9 Å². The molecule has 2 aliphatic rings. The second-order valence-electron chi connectivity index (χ2n) is 11.1. The summed E-state index contributed by atoms with van der Waals surface area (Å²) >= 11 is 0. The summed E-state index contributed by atoms with van der Waals surface area (Å²) in [5.41, 5.74) is 4.41. The molecule has 2 aromatic carbocycles. The summed E-state index contributed by atoms with van der Waals surface area (Å²) in [5.74, 6) is 1.02. The monoisotopic (exact) mass is 577 g/mol. The molecule has 1 saturated carbocycles. The Hall–Kier alpha value is -4.95. The molecule has 1 saturated heterocycles. The molecule has 0 spiro atoms. The zero-order valence-electron chi connectivity index (χ0n) is 24.1. The van der Waals surface area contributed by atoms with Crippen LogP contribution in [-0.2, 0) is 18.3 Å². The number of carbonyl (C=O) groups excluding carboxylic acids is 1. The number of anilines is 3. The number of nitrogens with one attached hydrogen (secondary N) is 3. The fraction of sp³-hybridized carbons (Fsp3) is 0.344. The Morgan fingerprint density at radius 3 is 2.42 bits per heavy atom. The van der Waals surface area contributed by atoms with Gasteiger partial charge in [0.2, 0.25) is 5.95 Å². The zero-order valence-corrected chi connectivity index (χ0v) is 24.1. The molecule has 11 nitrogen and oxygen atoms in total. The van der Waals surface area contributed by atoms with E-state index in [-0.39, 0.29) is 24.2 Å². The third kappa shape index (κ3) is 6.76. The molecular formula is C32H35N9O2. The quantitative estimate of drug-likeness (QED) is 0.261. The first-order valence-corrected chi connectivity index (χ1v) is 14.6. The van der Waals surface area contributed by atoms with Crippen LogP contribution in [0.1, 0.15) is 36.8 Å². The van der Waals surface area contributed by atoms with Crippen molar-refractivity contribution in [1.82, 2.24) is 25.1 Å². The Bertz CT molecular complexity index is 1570. The number of aromatic nitrogens is 4. The number of nitrogens with zero attached hydrogens (tertiary/aromatic N) is 6. The van der Waals surface area contributed by atoms with E-state index in [1.54, 1.807) is 10.9 Å². The number of ether oxygens (including phenoxy) is 1. The number of nitriles is 1. The predicted octanol–water partition coefficient (Wildman–Crippen LogP) is 4.70. The molecule has 0 unspecified atom stereocenters. The smallest absolute Gasteiger partial charge is 0.322 e. The van der Waals surface area contributed by atoms with Gasteiger partial charge in [-0.1, -0.05) is 42.5 Å². The van der Waals surface area contributed by atoms with Gasteiger partial charge in [0.05, 0.1) is 31.6 Å². The van der Waals surface area contributed by atoms with Crippen molar-refractivity contribution in [2.24, 2.45) is 7.05 Å². The maximum absolute atomic E-state index is 13.7. The Labute approximate surface area is 250 Å². The van der Waals surface area contributed by atoms with Gasteiger partial charge < -0.3 is 20.7 Å². The minimum Gasteiger partial charge on any atom is -0.377 e. The van der Waals surface area contributed by atoms with E-state index in [1.165, 1.54) is 0 Å². The van der Waals surface area contributed by atoms with Crippen molar-refractivity contribution in [3.8, 4) is 17.2 Å². The first kappa shape index (κ1) is 28.2. The number of urea groups is 1. The maximum atomic E-state index is 13.7. The second kappa shape index (κ2) is 12.9. The molecule has 1 aliphatic heterocycles. The van der Waals surface area contributed by atoms with Crippen molar-refractivity contribution in [3.63, 3.8) is 0 Å². The van der Waals surface area contributed by atoms with Gasteiger partial charge in [-0.15, -0.1) is 0 Å². The maximum Gasteiger partial charge on any atom is 0.322 e. The van der Waals surface area contributed by atoms with Crippen LogP contribution in [-0.4, -0.2) is 57.1 Å². The van der Waals surface area contributed by atoms with Gasteiger partial charge in [0, 0.05) is 43.1 Å². The molecule has 43 heavy (non-hydrogen) atoms. The summed E-state index contributed by atoms with van der Waals surface area (Å²) in [6, 6.07) is 20.5. The van der Waals surface area contributed by atoms with Gasteiger partial charge in [-0.25, -0.2) is 9.78 Å². The number of rotatable bonds is 9. The Kier molecular flexibility index (Phi) is 8.47. The first-order valence-electron chi connectivity index (χ1n) is 14.6. The number of hydrogen-bond donors (Lipinski definition) is 3. The third-order valence-corrected chi connectivity index (χ3v) is 7.97. The molecule has 6 rings (SSSR count). The third-order valence-electron chi connectivity index (χ3n) is 7.97. The van der Waals surface area contributed by atoms with Crippen LogP contribution in [0.5, 0.6) is 0 Å². The number of amides is 2. The van der Waals surface area contributed by atoms with Crippen molar-refractivity contribution in [2.75, 3.05) is 28.7 Å².